The first-order valence-corrected chi connectivity index (χ1v) is 9.33. The first-order valence-electron chi connectivity index (χ1n) is 9.33. The number of halogens is 1. The average Bonchev–Trinajstić information content (AvgIpc) is 2.63. The van der Waals surface area contributed by atoms with E-state index in [0.29, 0.717) is 6.04 Å². The Morgan fingerprint density at radius 2 is 1.88 bits per heavy atom. The Morgan fingerprint density at radius 1 is 1.19 bits per heavy atom. The standard InChI is InChI=1S/C19H31N5O.HI/c1-3-12-24-13-10-17(11-14-24)23-19(20-4-2)21-15-18(25)22-16-8-6-5-7-9-16;/h5-9,17H,3-4,10-15H2,1-2H3,(H,22,25)(H2,20,21,23);1H. The number of likely N-dealkylation sites (tertiary alicyclic amines) is 1. The van der Waals surface area contributed by atoms with Crippen LogP contribution in [0.25, 0.3) is 0 Å². The second-order valence-electron chi connectivity index (χ2n) is 6.37. The number of hydrogen-bond acceptors (Lipinski definition) is 3. The van der Waals surface area contributed by atoms with Crippen LogP contribution in [0.4, 0.5) is 5.69 Å². The highest BCUT2D eigenvalue weighted by molar-refractivity contribution is 14.0. The van der Waals surface area contributed by atoms with Gasteiger partial charge in [-0.25, -0.2) is 4.99 Å². The largest absolute Gasteiger partial charge is 0.357 e. The van der Waals surface area contributed by atoms with Crippen LogP contribution in [0.15, 0.2) is 35.3 Å². The zero-order valence-electron chi connectivity index (χ0n) is 15.8. The number of anilines is 1. The number of benzene rings is 1. The van der Waals surface area contributed by atoms with Gasteiger partial charge < -0.3 is 20.9 Å². The summed E-state index contributed by atoms with van der Waals surface area (Å²) in [5, 5.41) is 9.56. The normalized spacial score (nSPS) is 15.8. The first kappa shape index (κ1) is 22.7. The lowest BCUT2D eigenvalue weighted by Crippen LogP contribution is -2.49. The third kappa shape index (κ3) is 8.35. The van der Waals surface area contributed by atoms with E-state index in [1.807, 2.05) is 37.3 Å². The van der Waals surface area contributed by atoms with Crippen molar-refractivity contribution < 1.29 is 4.79 Å². The maximum absolute atomic E-state index is 12.0. The van der Waals surface area contributed by atoms with E-state index in [1.54, 1.807) is 0 Å². The number of carbonyl (C=O) groups excluding carboxylic acids is 1. The molecule has 0 atom stereocenters. The van der Waals surface area contributed by atoms with Crippen molar-refractivity contribution in [2.24, 2.45) is 4.99 Å². The van der Waals surface area contributed by atoms with Crippen LogP contribution in [0.5, 0.6) is 0 Å². The predicted octanol–water partition coefficient (Wildman–Crippen LogP) is 2.67. The van der Waals surface area contributed by atoms with E-state index in [4.69, 9.17) is 0 Å². The molecule has 3 N–H and O–H groups in total. The second-order valence-corrected chi connectivity index (χ2v) is 6.37. The number of hydrogen-bond donors (Lipinski definition) is 3. The van der Waals surface area contributed by atoms with Crippen molar-refractivity contribution in [3.05, 3.63) is 30.3 Å². The lowest BCUT2D eigenvalue weighted by atomic mass is 10.1. The minimum absolute atomic E-state index is 0. The van der Waals surface area contributed by atoms with Crippen molar-refractivity contribution >= 4 is 41.5 Å². The number of aliphatic imine (C=N–C) groups is 1. The molecule has 0 radical (unpaired) electrons. The van der Waals surface area contributed by atoms with E-state index < -0.39 is 0 Å². The summed E-state index contributed by atoms with van der Waals surface area (Å²) in [6.07, 6.45) is 3.43. The fourth-order valence-electron chi connectivity index (χ4n) is 3.00. The topological polar surface area (TPSA) is 68.8 Å². The van der Waals surface area contributed by atoms with Gasteiger partial charge in [-0.2, -0.15) is 0 Å². The molecule has 1 heterocycles. The summed E-state index contributed by atoms with van der Waals surface area (Å²) in [7, 11) is 0. The molecule has 1 fully saturated rings. The minimum Gasteiger partial charge on any atom is -0.357 e. The van der Waals surface area contributed by atoms with E-state index in [0.717, 1.165) is 44.1 Å². The highest BCUT2D eigenvalue weighted by Crippen LogP contribution is 2.10. The quantitative estimate of drug-likeness (QED) is 0.324. The van der Waals surface area contributed by atoms with Gasteiger partial charge in [0.2, 0.25) is 5.91 Å². The molecule has 1 aromatic rings. The van der Waals surface area contributed by atoms with Crippen LogP contribution in [0.2, 0.25) is 0 Å². The van der Waals surface area contributed by atoms with Gasteiger partial charge in [0.25, 0.3) is 0 Å². The number of nitrogens with one attached hydrogen (secondary N) is 3. The molecule has 26 heavy (non-hydrogen) atoms. The fraction of sp³-hybridized carbons (Fsp3) is 0.579. The summed E-state index contributed by atoms with van der Waals surface area (Å²) in [6, 6.07) is 9.88. The number of guanidine groups is 1. The fourth-order valence-corrected chi connectivity index (χ4v) is 3.00. The zero-order valence-corrected chi connectivity index (χ0v) is 18.2. The Hall–Kier alpha value is -1.35. The zero-order chi connectivity index (χ0) is 17.9. The summed E-state index contributed by atoms with van der Waals surface area (Å²) in [4.78, 5) is 19.0. The number of rotatable bonds is 7. The smallest absolute Gasteiger partial charge is 0.246 e. The van der Waals surface area contributed by atoms with Crippen LogP contribution in [0.1, 0.15) is 33.1 Å². The number of carbonyl (C=O) groups is 1. The summed E-state index contributed by atoms with van der Waals surface area (Å²) in [5.74, 6) is 0.612. The lowest BCUT2D eigenvalue weighted by Gasteiger charge is -2.32. The molecule has 0 saturated carbocycles. The minimum atomic E-state index is -0.110. The number of amides is 1. The molecule has 0 unspecified atom stereocenters. The van der Waals surface area contributed by atoms with E-state index >= 15 is 0 Å². The van der Waals surface area contributed by atoms with Gasteiger partial charge in [0.1, 0.15) is 6.54 Å². The number of piperidine rings is 1. The highest BCUT2D eigenvalue weighted by Gasteiger charge is 2.19. The molecular weight excluding hydrogens is 441 g/mol. The molecule has 1 aliphatic heterocycles. The Morgan fingerprint density at radius 3 is 2.50 bits per heavy atom. The highest BCUT2D eigenvalue weighted by atomic mass is 127. The van der Waals surface area contributed by atoms with E-state index in [-0.39, 0.29) is 36.4 Å². The molecule has 1 amide bonds. The van der Waals surface area contributed by atoms with E-state index in [1.165, 1.54) is 13.0 Å². The Bertz CT molecular complexity index is 544. The van der Waals surface area contributed by atoms with Crippen molar-refractivity contribution in [3.63, 3.8) is 0 Å². The molecule has 1 saturated heterocycles. The predicted molar refractivity (Wildman–Crippen MR) is 119 cm³/mol. The van der Waals surface area contributed by atoms with Gasteiger partial charge in [-0.15, -0.1) is 24.0 Å². The van der Waals surface area contributed by atoms with Gasteiger partial charge in [-0.05, 0) is 44.9 Å². The lowest BCUT2D eigenvalue weighted by molar-refractivity contribution is -0.114. The van der Waals surface area contributed by atoms with Gasteiger partial charge in [0, 0.05) is 31.4 Å². The maximum Gasteiger partial charge on any atom is 0.246 e. The van der Waals surface area contributed by atoms with Gasteiger partial charge in [-0.3, -0.25) is 4.79 Å². The van der Waals surface area contributed by atoms with E-state index in [9.17, 15) is 4.79 Å². The van der Waals surface area contributed by atoms with Crippen LogP contribution >= 0.6 is 24.0 Å². The van der Waals surface area contributed by atoms with Crippen molar-refractivity contribution in [3.8, 4) is 0 Å². The summed E-state index contributed by atoms with van der Waals surface area (Å²) >= 11 is 0. The summed E-state index contributed by atoms with van der Waals surface area (Å²) in [6.45, 7) is 8.57. The van der Waals surface area contributed by atoms with Gasteiger partial charge >= 0.3 is 0 Å². The molecule has 6 nitrogen and oxygen atoms in total. The third-order valence-electron chi connectivity index (χ3n) is 4.25. The van der Waals surface area contributed by atoms with Gasteiger partial charge in [-0.1, -0.05) is 25.1 Å². The number of nitrogens with zero attached hydrogens (tertiary/aromatic N) is 2. The van der Waals surface area contributed by atoms with Crippen LogP contribution in [0.3, 0.4) is 0 Å². The van der Waals surface area contributed by atoms with Crippen LogP contribution in [-0.2, 0) is 4.79 Å². The molecule has 7 heteroatoms. The average molecular weight is 473 g/mol. The van der Waals surface area contributed by atoms with Crippen molar-refractivity contribution in [1.82, 2.24) is 15.5 Å². The van der Waals surface area contributed by atoms with Crippen molar-refractivity contribution in [2.75, 3.05) is 38.0 Å². The number of para-hydroxylation sites is 1. The molecule has 146 valence electrons. The van der Waals surface area contributed by atoms with Crippen molar-refractivity contribution in [2.45, 2.75) is 39.2 Å². The molecule has 0 aromatic heterocycles. The van der Waals surface area contributed by atoms with Crippen LogP contribution < -0.4 is 16.0 Å². The molecular formula is C19H32IN5O. The molecule has 0 aliphatic carbocycles. The third-order valence-corrected chi connectivity index (χ3v) is 4.25. The van der Waals surface area contributed by atoms with E-state index in [2.05, 4.69) is 32.8 Å². The first-order chi connectivity index (χ1) is 12.2. The molecule has 1 aliphatic rings. The maximum atomic E-state index is 12.0. The summed E-state index contributed by atoms with van der Waals surface area (Å²) in [5.41, 5.74) is 0.795. The molecule has 0 bridgehead atoms. The van der Waals surface area contributed by atoms with Gasteiger partial charge in [0.05, 0.1) is 0 Å². The molecule has 0 spiro atoms. The Balaban J connectivity index is 0.00000338. The van der Waals surface area contributed by atoms with Crippen LogP contribution in [0, 0.1) is 0 Å². The molecule has 1 aromatic carbocycles. The van der Waals surface area contributed by atoms with Crippen molar-refractivity contribution in [1.29, 1.82) is 0 Å². The second kappa shape index (κ2) is 12.9. The monoisotopic (exact) mass is 473 g/mol. The summed E-state index contributed by atoms with van der Waals surface area (Å²) < 4.78 is 0. The van der Waals surface area contributed by atoms with Gasteiger partial charge in [0.15, 0.2) is 5.96 Å². The Labute approximate surface area is 174 Å². The molecule has 2 rings (SSSR count). The SMILES string of the molecule is CCCN1CCC(NC(=NCC(=O)Nc2ccccc2)NCC)CC1.I. The Kier molecular flexibility index (Phi) is 11.3. The van der Waals surface area contributed by atoms with Crippen LogP contribution in [-0.4, -0.2) is 55.5 Å².